The zero-order valence-electron chi connectivity index (χ0n) is 10.3. The molecule has 6 heteroatoms. The van der Waals surface area contributed by atoms with E-state index in [1.54, 1.807) is 0 Å². The van der Waals surface area contributed by atoms with E-state index < -0.39 is 22.0 Å². The molecule has 1 aliphatic heterocycles. The van der Waals surface area contributed by atoms with E-state index in [-0.39, 0.29) is 11.5 Å². The third-order valence-electron chi connectivity index (χ3n) is 3.15. The highest BCUT2D eigenvalue weighted by Crippen LogP contribution is 2.27. The molecule has 1 heterocycles. The van der Waals surface area contributed by atoms with Crippen LogP contribution in [-0.4, -0.2) is 37.2 Å². The molecule has 0 bridgehead atoms. The van der Waals surface area contributed by atoms with Gasteiger partial charge in [-0.15, -0.1) is 0 Å². The smallest absolute Gasteiger partial charge is 0.155 e. The van der Waals surface area contributed by atoms with Crippen LogP contribution in [0.2, 0.25) is 0 Å². The molecule has 2 N–H and O–H groups in total. The van der Waals surface area contributed by atoms with Crippen molar-refractivity contribution >= 4 is 31.5 Å². The lowest BCUT2D eigenvalue weighted by molar-refractivity contribution is 0.190. The fraction of sp³-hybridized carbons (Fsp3) is 0.500. The number of hydrogen-bond acceptors (Lipinski definition) is 4. The van der Waals surface area contributed by atoms with E-state index in [1.807, 2.05) is 26.0 Å². The highest BCUT2D eigenvalue weighted by atomic mass is 79.9. The molecule has 1 aromatic rings. The molecule has 1 aromatic carbocycles. The molecule has 1 saturated heterocycles. The first-order chi connectivity index (χ1) is 8.28. The van der Waals surface area contributed by atoms with Crippen LogP contribution in [0.25, 0.3) is 0 Å². The highest BCUT2D eigenvalue weighted by Gasteiger charge is 2.36. The second-order valence-electron chi connectivity index (χ2n) is 4.81. The molecule has 0 aromatic heterocycles. The second-order valence-corrected chi connectivity index (χ2v) is 7.88. The van der Waals surface area contributed by atoms with Crippen molar-refractivity contribution in [2.75, 3.05) is 16.8 Å². The number of halogens is 1. The van der Waals surface area contributed by atoms with Crippen LogP contribution < -0.4 is 5.32 Å². The van der Waals surface area contributed by atoms with Gasteiger partial charge in [-0.3, -0.25) is 0 Å². The average Bonchev–Trinajstić information content (AvgIpc) is 2.45. The van der Waals surface area contributed by atoms with Gasteiger partial charge >= 0.3 is 0 Å². The Hall–Kier alpha value is -0.590. The van der Waals surface area contributed by atoms with E-state index in [0.717, 1.165) is 21.3 Å². The summed E-state index contributed by atoms with van der Waals surface area (Å²) in [6.45, 7) is 3.91. The van der Waals surface area contributed by atoms with Gasteiger partial charge < -0.3 is 10.4 Å². The van der Waals surface area contributed by atoms with E-state index in [9.17, 15) is 13.5 Å². The minimum absolute atomic E-state index is 0.0108. The van der Waals surface area contributed by atoms with Crippen molar-refractivity contribution in [3.63, 3.8) is 0 Å². The van der Waals surface area contributed by atoms with Crippen LogP contribution in [-0.2, 0) is 9.84 Å². The molecule has 0 amide bonds. The Balaban J connectivity index is 2.26. The summed E-state index contributed by atoms with van der Waals surface area (Å²) < 4.78 is 23.9. The first kappa shape index (κ1) is 13.8. The lowest BCUT2D eigenvalue weighted by atomic mass is 10.1. The summed E-state index contributed by atoms with van der Waals surface area (Å²) in [4.78, 5) is 0. The summed E-state index contributed by atoms with van der Waals surface area (Å²) in [7, 11) is -3.12. The minimum Gasteiger partial charge on any atom is -0.390 e. The maximum Gasteiger partial charge on any atom is 0.155 e. The van der Waals surface area contributed by atoms with Crippen molar-refractivity contribution in [3.05, 3.63) is 27.7 Å². The molecular formula is C12H16BrNO3S. The molecule has 4 nitrogen and oxygen atoms in total. The Morgan fingerprint density at radius 3 is 2.28 bits per heavy atom. The van der Waals surface area contributed by atoms with Crippen molar-refractivity contribution in [3.8, 4) is 0 Å². The van der Waals surface area contributed by atoms with Crippen LogP contribution in [0, 0.1) is 13.8 Å². The standard InChI is InChI=1S/C12H16BrNO3S/c1-7-3-9(13)4-8(2)12(7)14-10-5-18(16,17)6-11(10)15/h3-4,10-11,14-15H,5-6H2,1-2H3. The van der Waals surface area contributed by atoms with Crippen LogP contribution in [0.3, 0.4) is 0 Å². The lowest BCUT2D eigenvalue weighted by Gasteiger charge is -2.20. The first-order valence-electron chi connectivity index (χ1n) is 5.70. The molecule has 100 valence electrons. The Morgan fingerprint density at radius 1 is 1.28 bits per heavy atom. The van der Waals surface area contributed by atoms with Gasteiger partial charge in [0, 0.05) is 10.2 Å². The number of rotatable bonds is 2. The summed E-state index contributed by atoms with van der Waals surface area (Å²) >= 11 is 3.42. The normalized spacial score (nSPS) is 26.2. The van der Waals surface area contributed by atoms with Crippen molar-refractivity contribution in [2.45, 2.75) is 26.0 Å². The van der Waals surface area contributed by atoms with Crippen molar-refractivity contribution in [1.82, 2.24) is 0 Å². The largest absolute Gasteiger partial charge is 0.390 e. The monoisotopic (exact) mass is 333 g/mol. The molecule has 0 saturated carbocycles. The average molecular weight is 334 g/mol. The third kappa shape index (κ3) is 2.87. The molecule has 0 aliphatic carbocycles. The molecule has 1 aliphatic rings. The van der Waals surface area contributed by atoms with Crippen molar-refractivity contribution < 1.29 is 13.5 Å². The predicted octanol–water partition coefficient (Wildman–Crippen LogP) is 1.64. The Morgan fingerprint density at radius 2 is 1.83 bits per heavy atom. The maximum atomic E-state index is 11.5. The van der Waals surface area contributed by atoms with Crippen molar-refractivity contribution in [1.29, 1.82) is 0 Å². The molecule has 18 heavy (non-hydrogen) atoms. The lowest BCUT2D eigenvalue weighted by Crippen LogP contribution is -2.32. The SMILES string of the molecule is Cc1cc(Br)cc(C)c1NC1CS(=O)(=O)CC1O. The number of aliphatic hydroxyl groups is 1. The molecule has 2 atom stereocenters. The number of hydrogen-bond donors (Lipinski definition) is 2. The van der Waals surface area contributed by atoms with Crippen molar-refractivity contribution in [2.24, 2.45) is 0 Å². The first-order valence-corrected chi connectivity index (χ1v) is 8.32. The van der Waals surface area contributed by atoms with E-state index >= 15 is 0 Å². The number of nitrogens with one attached hydrogen (secondary N) is 1. The van der Waals surface area contributed by atoms with Crippen LogP contribution in [0.1, 0.15) is 11.1 Å². The van der Waals surface area contributed by atoms with Gasteiger partial charge in [0.25, 0.3) is 0 Å². The molecule has 1 fully saturated rings. The van der Waals surface area contributed by atoms with Crippen LogP contribution in [0.4, 0.5) is 5.69 Å². The van der Waals surface area contributed by atoms with Gasteiger partial charge in [0.1, 0.15) is 0 Å². The summed E-state index contributed by atoms with van der Waals surface area (Å²) in [5.41, 5.74) is 2.95. The predicted molar refractivity (Wildman–Crippen MR) is 75.7 cm³/mol. The topological polar surface area (TPSA) is 66.4 Å². The molecule has 2 unspecified atom stereocenters. The second kappa shape index (κ2) is 4.83. The van der Waals surface area contributed by atoms with E-state index in [2.05, 4.69) is 21.2 Å². The van der Waals surface area contributed by atoms with Crippen LogP contribution in [0.15, 0.2) is 16.6 Å². The maximum absolute atomic E-state index is 11.5. The van der Waals surface area contributed by atoms with E-state index in [1.165, 1.54) is 0 Å². The Labute approximate surface area is 115 Å². The summed E-state index contributed by atoms with van der Waals surface area (Å²) in [6.07, 6.45) is -0.836. The summed E-state index contributed by atoms with van der Waals surface area (Å²) in [6, 6.07) is 3.50. The zero-order valence-corrected chi connectivity index (χ0v) is 12.7. The van der Waals surface area contributed by atoms with Gasteiger partial charge in [-0.05, 0) is 37.1 Å². The number of benzene rings is 1. The zero-order chi connectivity index (χ0) is 13.5. The number of anilines is 1. The van der Waals surface area contributed by atoms with Gasteiger partial charge in [0.15, 0.2) is 9.84 Å². The fourth-order valence-electron chi connectivity index (χ4n) is 2.29. The molecule has 0 radical (unpaired) electrons. The third-order valence-corrected chi connectivity index (χ3v) is 5.32. The number of sulfone groups is 1. The minimum atomic E-state index is -3.12. The number of aliphatic hydroxyl groups excluding tert-OH is 1. The Bertz CT molecular complexity index is 548. The quantitative estimate of drug-likeness (QED) is 0.863. The Kier molecular flexibility index (Phi) is 3.71. The van der Waals surface area contributed by atoms with Crippen LogP contribution in [0.5, 0.6) is 0 Å². The summed E-state index contributed by atoms with van der Waals surface area (Å²) in [5.74, 6) is -0.164. The summed E-state index contributed by atoms with van der Waals surface area (Å²) in [5, 5.41) is 12.9. The van der Waals surface area contributed by atoms with Gasteiger partial charge in [-0.25, -0.2) is 8.42 Å². The van der Waals surface area contributed by atoms with E-state index in [4.69, 9.17) is 0 Å². The fourth-order valence-corrected chi connectivity index (χ4v) is 4.72. The van der Waals surface area contributed by atoms with Crippen LogP contribution >= 0.6 is 15.9 Å². The van der Waals surface area contributed by atoms with Gasteiger partial charge in [-0.2, -0.15) is 0 Å². The highest BCUT2D eigenvalue weighted by molar-refractivity contribution is 9.10. The van der Waals surface area contributed by atoms with E-state index in [0.29, 0.717) is 0 Å². The van der Waals surface area contributed by atoms with Gasteiger partial charge in [-0.1, -0.05) is 15.9 Å². The van der Waals surface area contributed by atoms with Gasteiger partial charge in [0.2, 0.25) is 0 Å². The molecule has 2 rings (SSSR count). The number of aryl methyl sites for hydroxylation is 2. The molecular weight excluding hydrogens is 318 g/mol. The van der Waals surface area contributed by atoms with Gasteiger partial charge in [0.05, 0.1) is 23.7 Å². The molecule has 0 spiro atoms.